The molecule has 0 saturated heterocycles. The molecule has 1 amide bonds. The summed E-state index contributed by atoms with van der Waals surface area (Å²) in [7, 11) is 0. The number of alkyl halides is 3. The van der Waals surface area contributed by atoms with Crippen molar-refractivity contribution in [1.29, 1.82) is 0 Å². The Bertz CT molecular complexity index is 1500. The summed E-state index contributed by atoms with van der Waals surface area (Å²) in [6, 6.07) is 11.1. The first-order chi connectivity index (χ1) is 18.1. The van der Waals surface area contributed by atoms with E-state index in [1.165, 1.54) is 17.7 Å². The summed E-state index contributed by atoms with van der Waals surface area (Å²) in [6.45, 7) is 0. The molecular formula is C27H21F4N3O3S. The highest BCUT2D eigenvalue weighted by Crippen LogP contribution is 2.43. The van der Waals surface area contributed by atoms with E-state index in [-0.39, 0.29) is 6.42 Å². The van der Waals surface area contributed by atoms with Crippen LogP contribution in [-0.2, 0) is 15.8 Å². The Hall–Kier alpha value is -3.86. The SMILES string of the molecule is O=C(O)[C@@H]1[C@@H](c2ccc(-c3ncnc4sccc34)cc2)CCC[C@H]1C(=O)Nc1ccc(C(F)(F)F)cc1F. The normalized spacial score (nSPS) is 19.8. The van der Waals surface area contributed by atoms with Crippen molar-refractivity contribution in [3.8, 4) is 11.3 Å². The Kier molecular flexibility index (Phi) is 6.87. The molecule has 1 fully saturated rings. The maximum atomic E-state index is 14.3. The second-order valence-corrected chi connectivity index (χ2v) is 10.1. The summed E-state index contributed by atoms with van der Waals surface area (Å²) in [5.74, 6) is -5.70. The predicted molar refractivity (Wildman–Crippen MR) is 134 cm³/mol. The molecule has 6 nitrogen and oxygen atoms in total. The van der Waals surface area contributed by atoms with Gasteiger partial charge in [0.1, 0.15) is 17.0 Å². The highest BCUT2D eigenvalue weighted by Gasteiger charge is 2.43. The van der Waals surface area contributed by atoms with E-state index in [4.69, 9.17) is 0 Å². The number of aromatic nitrogens is 2. The molecule has 2 aromatic carbocycles. The number of rotatable bonds is 5. The van der Waals surface area contributed by atoms with E-state index in [1.54, 1.807) is 0 Å². The van der Waals surface area contributed by atoms with Crippen LogP contribution in [0.1, 0.15) is 36.3 Å². The van der Waals surface area contributed by atoms with Gasteiger partial charge in [0.25, 0.3) is 0 Å². The average Bonchev–Trinajstić information content (AvgIpc) is 3.38. The van der Waals surface area contributed by atoms with Gasteiger partial charge in [-0.2, -0.15) is 13.2 Å². The second kappa shape index (κ2) is 10.1. The van der Waals surface area contributed by atoms with E-state index in [9.17, 15) is 32.3 Å². The van der Waals surface area contributed by atoms with Crippen molar-refractivity contribution >= 4 is 39.1 Å². The second-order valence-electron chi connectivity index (χ2n) is 9.17. The quantitative estimate of drug-likeness (QED) is 0.272. The zero-order valence-corrected chi connectivity index (χ0v) is 20.5. The van der Waals surface area contributed by atoms with Crippen LogP contribution < -0.4 is 5.32 Å². The first-order valence-electron chi connectivity index (χ1n) is 11.8. The Labute approximate surface area is 218 Å². The summed E-state index contributed by atoms with van der Waals surface area (Å²) in [5, 5.41) is 15.2. The number of halogens is 4. The molecule has 2 N–H and O–H groups in total. The number of carboxylic acids is 1. The Morgan fingerprint density at radius 2 is 1.79 bits per heavy atom. The molecule has 0 aliphatic heterocycles. The van der Waals surface area contributed by atoms with Gasteiger partial charge in [-0.15, -0.1) is 11.3 Å². The van der Waals surface area contributed by atoms with Gasteiger partial charge in [-0.1, -0.05) is 30.7 Å². The average molecular weight is 544 g/mol. The zero-order valence-electron chi connectivity index (χ0n) is 19.7. The molecule has 196 valence electrons. The number of hydrogen-bond donors (Lipinski definition) is 2. The first kappa shape index (κ1) is 25.8. The van der Waals surface area contributed by atoms with Crippen molar-refractivity contribution in [3.05, 3.63) is 77.2 Å². The van der Waals surface area contributed by atoms with Crippen molar-refractivity contribution in [1.82, 2.24) is 9.97 Å². The molecule has 5 rings (SSSR count). The van der Waals surface area contributed by atoms with E-state index in [1.807, 2.05) is 35.7 Å². The van der Waals surface area contributed by atoms with Gasteiger partial charge in [-0.05, 0) is 54.0 Å². The van der Waals surface area contributed by atoms with Gasteiger partial charge in [0.15, 0.2) is 0 Å². The lowest BCUT2D eigenvalue weighted by Gasteiger charge is -2.35. The minimum absolute atomic E-state index is 0.261. The minimum Gasteiger partial charge on any atom is -0.481 e. The smallest absolute Gasteiger partial charge is 0.416 e. The van der Waals surface area contributed by atoms with Crippen molar-refractivity contribution in [2.75, 3.05) is 5.32 Å². The van der Waals surface area contributed by atoms with Crippen LogP contribution in [0.5, 0.6) is 0 Å². The molecule has 0 radical (unpaired) electrons. The van der Waals surface area contributed by atoms with Gasteiger partial charge >= 0.3 is 12.1 Å². The fourth-order valence-corrected chi connectivity index (χ4v) is 5.87. The molecule has 38 heavy (non-hydrogen) atoms. The van der Waals surface area contributed by atoms with Gasteiger partial charge in [0.2, 0.25) is 5.91 Å². The van der Waals surface area contributed by atoms with E-state index in [0.717, 1.165) is 33.1 Å². The van der Waals surface area contributed by atoms with Crippen LogP contribution in [-0.4, -0.2) is 27.0 Å². The van der Waals surface area contributed by atoms with Crippen molar-refractivity contribution in [3.63, 3.8) is 0 Å². The van der Waals surface area contributed by atoms with E-state index >= 15 is 0 Å². The fourth-order valence-electron chi connectivity index (χ4n) is 5.14. The van der Waals surface area contributed by atoms with Crippen LogP contribution >= 0.6 is 11.3 Å². The largest absolute Gasteiger partial charge is 0.481 e. The number of carbonyl (C=O) groups is 2. The Morgan fingerprint density at radius 3 is 2.47 bits per heavy atom. The molecular weight excluding hydrogens is 522 g/mol. The van der Waals surface area contributed by atoms with Gasteiger partial charge in [0.05, 0.1) is 28.8 Å². The standard InChI is InChI=1S/C27H21F4N3O3S/c28-20-12-16(27(29,30)31)8-9-21(20)34-24(35)18-3-1-2-17(22(18)26(36)37)14-4-6-15(7-5-14)23-19-10-11-38-25(19)33-13-32-23/h4-13,17-18,22H,1-3H2,(H,34,35)(H,36,37)/t17-,18-,22-/m1/s1. The van der Waals surface area contributed by atoms with Crippen LogP contribution in [0.25, 0.3) is 21.5 Å². The van der Waals surface area contributed by atoms with Crippen LogP contribution in [0.4, 0.5) is 23.2 Å². The Balaban J connectivity index is 1.38. The van der Waals surface area contributed by atoms with Crippen LogP contribution in [0.15, 0.2) is 60.2 Å². The van der Waals surface area contributed by atoms with Gasteiger partial charge in [-0.3, -0.25) is 9.59 Å². The van der Waals surface area contributed by atoms with E-state index in [0.29, 0.717) is 25.0 Å². The van der Waals surface area contributed by atoms with E-state index < -0.39 is 52.9 Å². The minimum atomic E-state index is -4.73. The monoisotopic (exact) mass is 543 g/mol. The van der Waals surface area contributed by atoms with Gasteiger partial charge < -0.3 is 10.4 Å². The molecule has 1 saturated carbocycles. The van der Waals surface area contributed by atoms with Gasteiger partial charge in [0, 0.05) is 10.9 Å². The lowest BCUT2D eigenvalue weighted by molar-refractivity contribution is -0.148. The highest BCUT2D eigenvalue weighted by atomic mass is 32.1. The highest BCUT2D eigenvalue weighted by molar-refractivity contribution is 7.16. The molecule has 2 heterocycles. The molecule has 0 spiro atoms. The number of carboxylic acid groups (broad SMARTS) is 1. The number of carbonyl (C=O) groups excluding carboxylic acids is 1. The fraction of sp³-hybridized carbons (Fsp3) is 0.259. The van der Waals surface area contributed by atoms with Crippen molar-refractivity contribution in [2.24, 2.45) is 11.8 Å². The van der Waals surface area contributed by atoms with Gasteiger partial charge in [-0.25, -0.2) is 14.4 Å². The third-order valence-corrected chi connectivity index (χ3v) is 7.77. The molecule has 0 bridgehead atoms. The van der Waals surface area contributed by atoms with Crippen molar-refractivity contribution in [2.45, 2.75) is 31.4 Å². The maximum Gasteiger partial charge on any atom is 0.416 e. The molecule has 1 aliphatic carbocycles. The summed E-state index contributed by atoms with van der Waals surface area (Å²) in [4.78, 5) is 34.9. The number of nitrogens with zero attached hydrogens (tertiary/aromatic N) is 2. The molecule has 11 heteroatoms. The molecule has 4 aromatic rings. The maximum absolute atomic E-state index is 14.3. The number of aliphatic carboxylic acids is 1. The number of benzene rings is 2. The molecule has 1 aliphatic rings. The van der Waals surface area contributed by atoms with Crippen LogP contribution in [0, 0.1) is 17.7 Å². The van der Waals surface area contributed by atoms with E-state index in [2.05, 4.69) is 15.3 Å². The van der Waals surface area contributed by atoms with Crippen LogP contribution in [0.3, 0.4) is 0 Å². The Morgan fingerprint density at radius 1 is 1.03 bits per heavy atom. The summed E-state index contributed by atoms with van der Waals surface area (Å²) < 4.78 is 52.9. The van der Waals surface area contributed by atoms with Crippen LogP contribution in [0.2, 0.25) is 0 Å². The molecule has 0 unspecified atom stereocenters. The molecule has 2 aromatic heterocycles. The lowest BCUT2D eigenvalue weighted by atomic mass is 9.69. The zero-order chi connectivity index (χ0) is 27.0. The number of anilines is 1. The first-order valence-corrected chi connectivity index (χ1v) is 12.7. The number of thiophene rings is 1. The topological polar surface area (TPSA) is 92.2 Å². The lowest BCUT2D eigenvalue weighted by Crippen LogP contribution is -2.40. The molecule has 3 atom stereocenters. The third kappa shape index (κ3) is 4.98. The summed E-state index contributed by atoms with van der Waals surface area (Å²) in [6.07, 6.45) is -1.88. The number of amides is 1. The van der Waals surface area contributed by atoms with Crippen molar-refractivity contribution < 1.29 is 32.3 Å². The number of fused-ring (bicyclic) bond motifs is 1. The third-order valence-electron chi connectivity index (χ3n) is 6.95. The number of hydrogen-bond acceptors (Lipinski definition) is 5. The summed E-state index contributed by atoms with van der Waals surface area (Å²) >= 11 is 1.50. The predicted octanol–water partition coefficient (Wildman–Crippen LogP) is 6.74. The summed E-state index contributed by atoms with van der Waals surface area (Å²) in [5.41, 5.74) is 0.740. The number of nitrogens with one attached hydrogen (secondary N) is 1.